The summed E-state index contributed by atoms with van der Waals surface area (Å²) in [5, 5.41) is 1.02. The molecule has 1 amide bonds. The monoisotopic (exact) mass is 507 g/mol. The smallest absolute Gasteiger partial charge is 0.414 e. The summed E-state index contributed by atoms with van der Waals surface area (Å²) in [6.45, 7) is 10.4. The third-order valence-corrected chi connectivity index (χ3v) is 8.08. The first-order chi connectivity index (χ1) is 16.1. The van der Waals surface area contributed by atoms with Crippen molar-refractivity contribution >= 4 is 22.1 Å². The number of guanidine groups is 1. The van der Waals surface area contributed by atoms with E-state index in [0.29, 0.717) is 11.6 Å². The molecule has 35 heavy (non-hydrogen) atoms. The van der Waals surface area contributed by atoms with Crippen LogP contribution in [0.25, 0.3) is 0 Å². The van der Waals surface area contributed by atoms with Crippen LogP contribution in [0.4, 0.5) is 13.6 Å². The highest BCUT2D eigenvalue weighted by molar-refractivity contribution is 7.90. The second-order valence-electron chi connectivity index (χ2n) is 10.0. The third kappa shape index (κ3) is 5.32. The van der Waals surface area contributed by atoms with Crippen molar-refractivity contribution in [3.05, 3.63) is 70.8 Å². The standard InChI is InChI=1S/C25H31F2N3O4S/c1-15(2)16-8-10-17(11-9-16)21-25(6,19-13-12-18(26)14-20(19)27)29-22(30(7)35(21,32)33)28-23(31)34-24(3,4)5/h8-15,21H,1-7H3,(H,28,29,31). The molecular formula is C25H31F2N3O4S. The van der Waals surface area contributed by atoms with Crippen molar-refractivity contribution in [1.82, 2.24) is 9.62 Å². The van der Waals surface area contributed by atoms with Crippen molar-refractivity contribution in [2.75, 3.05) is 7.05 Å². The van der Waals surface area contributed by atoms with Gasteiger partial charge in [0.1, 0.15) is 28.0 Å². The van der Waals surface area contributed by atoms with Crippen LogP contribution >= 0.6 is 0 Å². The van der Waals surface area contributed by atoms with Crippen molar-refractivity contribution in [1.29, 1.82) is 0 Å². The van der Waals surface area contributed by atoms with Gasteiger partial charge in [-0.05, 0) is 50.8 Å². The number of rotatable bonds is 3. The van der Waals surface area contributed by atoms with E-state index in [1.165, 1.54) is 20.0 Å². The minimum atomic E-state index is -4.24. The molecule has 10 heteroatoms. The number of amides is 1. The maximum atomic E-state index is 15.1. The molecule has 1 aliphatic rings. The Labute approximate surface area is 205 Å². The summed E-state index contributed by atoms with van der Waals surface area (Å²) in [6, 6.07) is 9.88. The van der Waals surface area contributed by atoms with Crippen LogP contribution < -0.4 is 5.32 Å². The number of sulfonamides is 1. The normalized spacial score (nSPS) is 22.1. The molecule has 0 bridgehead atoms. The number of alkyl carbamates (subject to hydrolysis) is 1. The predicted molar refractivity (Wildman–Crippen MR) is 130 cm³/mol. The number of ether oxygens (including phenoxy) is 1. The lowest BCUT2D eigenvalue weighted by Gasteiger charge is -2.42. The Morgan fingerprint density at radius 1 is 1.14 bits per heavy atom. The number of hydrogen-bond acceptors (Lipinski definition) is 5. The molecule has 0 saturated carbocycles. The highest BCUT2D eigenvalue weighted by Gasteiger charge is 2.53. The fraction of sp³-hybridized carbons (Fsp3) is 0.440. The molecule has 1 aliphatic heterocycles. The Balaban J connectivity index is 2.23. The van der Waals surface area contributed by atoms with E-state index >= 15 is 4.39 Å². The summed E-state index contributed by atoms with van der Waals surface area (Å²) in [7, 11) is -2.99. The number of carbonyl (C=O) groups is 1. The SMILES string of the molecule is CC(C)c1ccc(C2C(C)(c3ccc(F)cc3F)N=C(NC(=O)OC(C)(C)C)N(C)S2(=O)=O)cc1. The van der Waals surface area contributed by atoms with Gasteiger partial charge >= 0.3 is 6.09 Å². The summed E-state index contributed by atoms with van der Waals surface area (Å²) >= 11 is 0. The summed E-state index contributed by atoms with van der Waals surface area (Å²) in [5.74, 6) is -1.87. The highest BCUT2D eigenvalue weighted by atomic mass is 32.2. The average Bonchev–Trinajstić information content (AvgIpc) is 2.70. The van der Waals surface area contributed by atoms with E-state index in [2.05, 4.69) is 10.3 Å². The van der Waals surface area contributed by atoms with Gasteiger partial charge in [0.15, 0.2) is 0 Å². The highest BCUT2D eigenvalue weighted by Crippen LogP contribution is 2.48. The second-order valence-corrected chi connectivity index (χ2v) is 12.1. The minimum Gasteiger partial charge on any atom is -0.444 e. The molecule has 0 aromatic heterocycles. The Kier molecular flexibility index (Phi) is 7.00. The summed E-state index contributed by atoms with van der Waals surface area (Å²) in [4.78, 5) is 17.0. The zero-order valence-corrected chi connectivity index (χ0v) is 21.7. The van der Waals surface area contributed by atoms with E-state index in [1.54, 1.807) is 32.9 Å². The second kappa shape index (κ2) is 9.22. The maximum Gasteiger partial charge on any atom is 0.414 e. The van der Waals surface area contributed by atoms with Crippen LogP contribution in [-0.2, 0) is 20.3 Å². The lowest BCUT2D eigenvalue weighted by atomic mass is 9.84. The first-order valence-electron chi connectivity index (χ1n) is 11.2. The Bertz CT molecular complexity index is 1250. The number of benzene rings is 2. The van der Waals surface area contributed by atoms with Crippen LogP contribution in [-0.4, -0.2) is 37.4 Å². The molecule has 2 aromatic carbocycles. The largest absolute Gasteiger partial charge is 0.444 e. The molecule has 7 nitrogen and oxygen atoms in total. The topological polar surface area (TPSA) is 88.1 Å². The fourth-order valence-corrected chi connectivity index (χ4v) is 5.98. The van der Waals surface area contributed by atoms with Crippen LogP contribution in [0.2, 0.25) is 0 Å². The Morgan fingerprint density at radius 3 is 2.26 bits per heavy atom. The van der Waals surface area contributed by atoms with E-state index in [1.807, 2.05) is 26.0 Å². The molecule has 190 valence electrons. The molecule has 1 N–H and O–H groups in total. The lowest BCUT2D eigenvalue weighted by Crippen LogP contribution is -2.55. The van der Waals surface area contributed by atoms with Crippen molar-refractivity contribution < 1.29 is 26.7 Å². The van der Waals surface area contributed by atoms with Crippen LogP contribution in [0.15, 0.2) is 47.5 Å². The Morgan fingerprint density at radius 2 is 1.74 bits per heavy atom. The average molecular weight is 508 g/mol. The van der Waals surface area contributed by atoms with E-state index in [9.17, 15) is 17.6 Å². The molecule has 0 saturated heterocycles. The number of aliphatic imine (C=N–C) groups is 1. The number of halogens is 2. The molecular weight excluding hydrogens is 476 g/mol. The predicted octanol–water partition coefficient (Wildman–Crippen LogP) is 5.20. The third-order valence-electron chi connectivity index (χ3n) is 5.82. The van der Waals surface area contributed by atoms with Crippen molar-refractivity contribution in [3.8, 4) is 0 Å². The molecule has 3 rings (SSSR count). The van der Waals surface area contributed by atoms with Crippen molar-refractivity contribution in [2.45, 2.75) is 63.9 Å². The van der Waals surface area contributed by atoms with Gasteiger partial charge in [0, 0.05) is 18.7 Å². The van der Waals surface area contributed by atoms with Gasteiger partial charge in [-0.15, -0.1) is 0 Å². The van der Waals surface area contributed by atoms with Gasteiger partial charge in [0.2, 0.25) is 16.0 Å². The molecule has 0 spiro atoms. The van der Waals surface area contributed by atoms with E-state index in [-0.39, 0.29) is 17.4 Å². The van der Waals surface area contributed by atoms with Gasteiger partial charge in [0.05, 0.1) is 0 Å². The van der Waals surface area contributed by atoms with Crippen molar-refractivity contribution in [3.63, 3.8) is 0 Å². The molecule has 2 aromatic rings. The van der Waals surface area contributed by atoms with Gasteiger partial charge in [-0.3, -0.25) is 5.32 Å². The minimum absolute atomic E-state index is 0.128. The van der Waals surface area contributed by atoms with Crippen LogP contribution in [0, 0.1) is 11.6 Å². The molecule has 2 unspecified atom stereocenters. The van der Waals surface area contributed by atoms with Gasteiger partial charge in [-0.2, -0.15) is 0 Å². The first kappa shape index (κ1) is 26.6. The number of nitrogens with zero attached hydrogens (tertiary/aromatic N) is 2. The Hall–Kier alpha value is -3.01. The molecule has 0 fully saturated rings. The van der Waals surface area contributed by atoms with Crippen LogP contribution in [0.3, 0.4) is 0 Å². The van der Waals surface area contributed by atoms with Gasteiger partial charge in [0.25, 0.3) is 0 Å². The number of hydrogen-bond donors (Lipinski definition) is 1. The van der Waals surface area contributed by atoms with Crippen LogP contribution in [0.1, 0.15) is 69.4 Å². The van der Waals surface area contributed by atoms with E-state index in [4.69, 9.17) is 4.74 Å². The first-order valence-corrected chi connectivity index (χ1v) is 12.7. The zero-order chi connectivity index (χ0) is 26.3. The van der Waals surface area contributed by atoms with E-state index < -0.39 is 44.1 Å². The van der Waals surface area contributed by atoms with Crippen LogP contribution in [0.5, 0.6) is 0 Å². The number of nitrogens with one attached hydrogen (secondary N) is 1. The zero-order valence-electron chi connectivity index (χ0n) is 20.9. The molecule has 0 radical (unpaired) electrons. The summed E-state index contributed by atoms with van der Waals surface area (Å²) in [6.07, 6.45) is -0.917. The van der Waals surface area contributed by atoms with Crippen molar-refractivity contribution in [2.24, 2.45) is 4.99 Å². The van der Waals surface area contributed by atoms with Gasteiger partial charge in [-0.25, -0.2) is 31.3 Å². The molecule has 0 aliphatic carbocycles. The lowest BCUT2D eigenvalue weighted by molar-refractivity contribution is 0.0558. The van der Waals surface area contributed by atoms with E-state index in [0.717, 1.165) is 15.9 Å². The molecule has 1 heterocycles. The summed E-state index contributed by atoms with van der Waals surface area (Å²) in [5.41, 5.74) is -1.33. The fourth-order valence-electron chi connectivity index (χ4n) is 4.07. The van der Waals surface area contributed by atoms with Gasteiger partial charge in [-0.1, -0.05) is 44.2 Å². The van der Waals surface area contributed by atoms with Gasteiger partial charge < -0.3 is 4.74 Å². The summed E-state index contributed by atoms with van der Waals surface area (Å²) < 4.78 is 62.5. The molecule has 2 atom stereocenters. The maximum absolute atomic E-state index is 15.1. The number of carbonyl (C=O) groups excluding carboxylic acids is 1. The quantitative estimate of drug-likeness (QED) is 0.619.